The number of esters is 2. The lowest BCUT2D eigenvalue weighted by Crippen LogP contribution is -2.63. The molecule has 0 spiro atoms. The Morgan fingerprint density at radius 3 is 1.73 bits per heavy atom. The molecule has 0 radical (unpaired) electrons. The molecule has 3 fully saturated rings. The van der Waals surface area contributed by atoms with Gasteiger partial charge in [0.15, 0.2) is 0 Å². The lowest BCUT2D eigenvalue weighted by molar-refractivity contribution is -0.224. The van der Waals surface area contributed by atoms with Crippen LogP contribution in [0.25, 0.3) is 0 Å². The molecule has 1 aliphatic carbocycles. The van der Waals surface area contributed by atoms with Crippen molar-refractivity contribution < 1.29 is 23.8 Å². The lowest BCUT2D eigenvalue weighted by Gasteiger charge is -2.55. The minimum Gasteiger partial charge on any atom is -0.469 e. The Labute approximate surface area is 87.7 Å². The number of ether oxygens (including phenoxy) is 3. The zero-order valence-corrected chi connectivity index (χ0v) is 8.87. The van der Waals surface area contributed by atoms with E-state index in [0.717, 1.165) is 0 Å². The van der Waals surface area contributed by atoms with Gasteiger partial charge in [-0.15, -0.1) is 0 Å². The van der Waals surface area contributed by atoms with E-state index in [4.69, 9.17) is 14.2 Å². The first-order valence-corrected chi connectivity index (χ1v) is 4.83. The van der Waals surface area contributed by atoms with Gasteiger partial charge in [-0.25, -0.2) is 0 Å². The fraction of sp³-hybridized carbons (Fsp3) is 0.800. The van der Waals surface area contributed by atoms with Gasteiger partial charge in [0.1, 0.15) is 0 Å². The van der Waals surface area contributed by atoms with Crippen molar-refractivity contribution in [2.24, 2.45) is 10.8 Å². The van der Waals surface area contributed by atoms with Gasteiger partial charge in [-0.1, -0.05) is 0 Å². The summed E-state index contributed by atoms with van der Waals surface area (Å²) in [5, 5.41) is 0. The molecule has 5 heteroatoms. The third kappa shape index (κ3) is 1.26. The predicted octanol–water partition coefficient (Wildman–Crippen LogP) is 0.129. The second-order valence-corrected chi connectivity index (χ2v) is 4.39. The van der Waals surface area contributed by atoms with Crippen molar-refractivity contribution in [1.29, 1.82) is 0 Å². The molecule has 3 rings (SSSR count). The van der Waals surface area contributed by atoms with Crippen molar-refractivity contribution in [3.05, 3.63) is 0 Å². The van der Waals surface area contributed by atoms with Crippen molar-refractivity contribution in [2.45, 2.75) is 12.8 Å². The molecule has 2 saturated heterocycles. The van der Waals surface area contributed by atoms with Gasteiger partial charge in [-0.3, -0.25) is 9.59 Å². The van der Waals surface area contributed by atoms with Crippen LogP contribution in [0.2, 0.25) is 0 Å². The first-order chi connectivity index (χ1) is 7.08. The van der Waals surface area contributed by atoms with E-state index in [0.29, 0.717) is 26.1 Å². The van der Waals surface area contributed by atoms with Crippen molar-refractivity contribution in [3.63, 3.8) is 0 Å². The number of hydrogen-bond donors (Lipinski definition) is 0. The summed E-state index contributed by atoms with van der Waals surface area (Å²) in [7, 11) is 2.70. The number of fused-ring (bicyclic) bond motifs is 2. The highest BCUT2D eigenvalue weighted by molar-refractivity contribution is 5.86. The van der Waals surface area contributed by atoms with Crippen LogP contribution in [-0.4, -0.2) is 39.4 Å². The third-order valence-corrected chi connectivity index (χ3v) is 3.35. The van der Waals surface area contributed by atoms with Crippen molar-refractivity contribution >= 4 is 11.9 Å². The SMILES string of the molecule is COC(=O)C12COCC(C(=O)OC)(C1)C2. The molecule has 2 heterocycles. The van der Waals surface area contributed by atoms with Gasteiger partial charge < -0.3 is 14.2 Å². The summed E-state index contributed by atoms with van der Waals surface area (Å²) in [6.07, 6.45) is 0.971. The van der Waals surface area contributed by atoms with Crippen LogP contribution in [0.1, 0.15) is 12.8 Å². The summed E-state index contributed by atoms with van der Waals surface area (Å²) in [6.45, 7) is 0.691. The van der Waals surface area contributed by atoms with Crippen LogP contribution in [0.5, 0.6) is 0 Å². The van der Waals surface area contributed by atoms with E-state index in [9.17, 15) is 9.59 Å². The normalized spacial score (nSPS) is 37.7. The van der Waals surface area contributed by atoms with Crippen molar-refractivity contribution in [1.82, 2.24) is 0 Å². The molecular formula is C10H14O5. The molecular weight excluding hydrogens is 200 g/mol. The zero-order chi connectivity index (χ0) is 11.1. The van der Waals surface area contributed by atoms with Gasteiger partial charge in [-0.2, -0.15) is 0 Å². The molecule has 3 aliphatic rings. The predicted molar refractivity (Wildman–Crippen MR) is 49.0 cm³/mol. The van der Waals surface area contributed by atoms with Gasteiger partial charge in [0.05, 0.1) is 38.3 Å². The van der Waals surface area contributed by atoms with Gasteiger partial charge in [0, 0.05) is 0 Å². The quantitative estimate of drug-likeness (QED) is 0.611. The number of carbonyl (C=O) groups is 2. The Balaban J connectivity index is 2.14. The van der Waals surface area contributed by atoms with Crippen LogP contribution in [0, 0.1) is 10.8 Å². The third-order valence-electron chi connectivity index (χ3n) is 3.35. The van der Waals surface area contributed by atoms with Gasteiger partial charge in [0.2, 0.25) is 0 Å². The summed E-state index contributed by atoms with van der Waals surface area (Å²) < 4.78 is 14.7. The van der Waals surface area contributed by atoms with Crippen LogP contribution in [0.4, 0.5) is 0 Å². The topological polar surface area (TPSA) is 61.8 Å². The molecule has 0 unspecified atom stereocenters. The molecule has 84 valence electrons. The highest BCUT2D eigenvalue weighted by atomic mass is 16.5. The molecule has 1 saturated carbocycles. The molecule has 2 bridgehead atoms. The molecule has 0 aromatic carbocycles. The number of methoxy groups -OCH3 is 2. The molecule has 2 aliphatic heterocycles. The van der Waals surface area contributed by atoms with Gasteiger partial charge in [-0.05, 0) is 12.8 Å². The molecule has 5 nitrogen and oxygen atoms in total. The Morgan fingerprint density at radius 1 is 1.00 bits per heavy atom. The summed E-state index contributed by atoms with van der Waals surface area (Å²) in [4.78, 5) is 23.1. The molecule has 0 aromatic heterocycles. The number of carbonyl (C=O) groups excluding carboxylic acids is 2. The molecule has 0 atom stereocenters. The van der Waals surface area contributed by atoms with Crippen LogP contribution in [-0.2, 0) is 23.8 Å². The summed E-state index contributed by atoms with van der Waals surface area (Å²) in [6, 6.07) is 0. The number of rotatable bonds is 2. The Kier molecular flexibility index (Phi) is 2.22. The van der Waals surface area contributed by atoms with Crippen molar-refractivity contribution in [3.8, 4) is 0 Å². The van der Waals surface area contributed by atoms with Crippen LogP contribution in [0.3, 0.4) is 0 Å². The minimum atomic E-state index is -0.610. The van der Waals surface area contributed by atoms with E-state index in [-0.39, 0.29) is 11.9 Å². The lowest BCUT2D eigenvalue weighted by atomic mass is 9.51. The van der Waals surface area contributed by atoms with E-state index < -0.39 is 10.8 Å². The largest absolute Gasteiger partial charge is 0.469 e. The maximum Gasteiger partial charge on any atom is 0.314 e. The Hall–Kier alpha value is -1.10. The first kappa shape index (κ1) is 10.4. The fourth-order valence-corrected chi connectivity index (χ4v) is 2.73. The van der Waals surface area contributed by atoms with E-state index in [1.165, 1.54) is 14.2 Å². The number of hydrogen-bond acceptors (Lipinski definition) is 5. The summed E-state index contributed by atoms with van der Waals surface area (Å²) in [5.74, 6) is -0.580. The molecule has 0 N–H and O–H groups in total. The van der Waals surface area contributed by atoms with Crippen molar-refractivity contribution in [2.75, 3.05) is 27.4 Å². The van der Waals surface area contributed by atoms with E-state index in [2.05, 4.69) is 0 Å². The smallest absolute Gasteiger partial charge is 0.314 e. The average Bonchev–Trinajstić information content (AvgIpc) is 2.26. The average molecular weight is 214 g/mol. The zero-order valence-electron chi connectivity index (χ0n) is 8.87. The Bertz CT molecular complexity index is 275. The van der Waals surface area contributed by atoms with Gasteiger partial charge in [0.25, 0.3) is 0 Å². The first-order valence-electron chi connectivity index (χ1n) is 4.83. The Morgan fingerprint density at radius 2 is 1.40 bits per heavy atom. The maximum atomic E-state index is 11.5. The fourth-order valence-electron chi connectivity index (χ4n) is 2.73. The summed E-state index contributed by atoms with van der Waals surface area (Å²) >= 11 is 0. The second-order valence-electron chi connectivity index (χ2n) is 4.39. The van der Waals surface area contributed by atoms with E-state index in [1.54, 1.807) is 0 Å². The van der Waals surface area contributed by atoms with E-state index >= 15 is 0 Å². The van der Waals surface area contributed by atoms with Crippen LogP contribution >= 0.6 is 0 Å². The monoisotopic (exact) mass is 214 g/mol. The standard InChI is InChI=1S/C10H14O5/c1-13-7(11)9-3-10(4-9,6-15-5-9)8(12)14-2/h3-6H2,1-2H3. The molecule has 15 heavy (non-hydrogen) atoms. The highest BCUT2D eigenvalue weighted by Gasteiger charge is 2.67. The molecule has 0 aromatic rings. The van der Waals surface area contributed by atoms with E-state index in [1.807, 2.05) is 0 Å². The maximum absolute atomic E-state index is 11.5. The second kappa shape index (κ2) is 3.20. The molecule has 0 amide bonds. The minimum absolute atomic E-state index is 0.290. The summed E-state index contributed by atoms with van der Waals surface area (Å²) in [5.41, 5.74) is -1.22. The van der Waals surface area contributed by atoms with Crippen LogP contribution < -0.4 is 0 Å². The van der Waals surface area contributed by atoms with Crippen LogP contribution in [0.15, 0.2) is 0 Å². The highest BCUT2D eigenvalue weighted by Crippen LogP contribution is 2.59. The van der Waals surface area contributed by atoms with Gasteiger partial charge >= 0.3 is 11.9 Å².